The third kappa shape index (κ3) is 3.90. The second kappa shape index (κ2) is 5.87. The molecule has 0 radical (unpaired) electrons. The van der Waals surface area contributed by atoms with Crippen LogP contribution in [0.3, 0.4) is 0 Å². The minimum atomic E-state index is 0.806. The third-order valence-corrected chi connectivity index (χ3v) is 3.13. The number of hydrogen-bond acceptors (Lipinski definition) is 2. The van der Waals surface area contributed by atoms with Gasteiger partial charge in [0, 0.05) is 6.04 Å². The van der Waals surface area contributed by atoms with E-state index in [2.05, 4.69) is 30.4 Å². The quantitative estimate of drug-likeness (QED) is 0.759. The van der Waals surface area contributed by atoms with E-state index in [4.69, 9.17) is 4.74 Å². The Kier molecular flexibility index (Phi) is 4.21. The maximum atomic E-state index is 5.23. The molecule has 0 bridgehead atoms. The van der Waals surface area contributed by atoms with Crippen molar-refractivity contribution >= 4 is 5.57 Å². The molecule has 92 valence electrons. The van der Waals surface area contributed by atoms with E-state index in [1.165, 1.54) is 24.0 Å². The Labute approximate surface area is 104 Å². The number of ether oxygens (including phenoxy) is 1. The topological polar surface area (TPSA) is 21.3 Å². The molecule has 1 fully saturated rings. The fourth-order valence-electron chi connectivity index (χ4n) is 1.85. The Morgan fingerprint density at radius 1 is 1.47 bits per heavy atom. The zero-order valence-corrected chi connectivity index (χ0v) is 10.7. The van der Waals surface area contributed by atoms with Crippen LogP contribution in [0.15, 0.2) is 30.3 Å². The first kappa shape index (κ1) is 12.2. The molecule has 0 atom stereocenters. The highest BCUT2D eigenvalue weighted by Crippen LogP contribution is 2.20. The fourth-order valence-corrected chi connectivity index (χ4v) is 1.85. The van der Waals surface area contributed by atoms with Gasteiger partial charge < -0.3 is 10.1 Å². The maximum absolute atomic E-state index is 5.23. The van der Waals surface area contributed by atoms with E-state index < -0.39 is 0 Å². The molecule has 0 aromatic heterocycles. The highest BCUT2D eigenvalue weighted by atomic mass is 16.5. The minimum Gasteiger partial charge on any atom is -0.497 e. The molecule has 0 heterocycles. The van der Waals surface area contributed by atoms with E-state index in [0.29, 0.717) is 0 Å². The molecule has 17 heavy (non-hydrogen) atoms. The van der Waals surface area contributed by atoms with Crippen LogP contribution in [0.25, 0.3) is 5.57 Å². The smallest absolute Gasteiger partial charge is 0.119 e. The first-order valence-corrected chi connectivity index (χ1v) is 6.34. The molecule has 1 aliphatic rings. The molecule has 1 aromatic rings. The van der Waals surface area contributed by atoms with Crippen LogP contribution in [0.5, 0.6) is 5.75 Å². The van der Waals surface area contributed by atoms with Crippen LogP contribution in [0.1, 0.15) is 31.7 Å². The Morgan fingerprint density at radius 3 is 3.00 bits per heavy atom. The van der Waals surface area contributed by atoms with Crippen molar-refractivity contribution in [3.8, 4) is 5.75 Å². The molecule has 0 saturated heterocycles. The second-order valence-corrected chi connectivity index (χ2v) is 4.64. The molecule has 0 spiro atoms. The van der Waals surface area contributed by atoms with Gasteiger partial charge in [0.2, 0.25) is 0 Å². The summed E-state index contributed by atoms with van der Waals surface area (Å²) < 4.78 is 5.23. The monoisotopic (exact) mass is 231 g/mol. The molecule has 1 N–H and O–H groups in total. The van der Waals surface area contributed by atoms with Crippen LogP contribution in [-0.4, -0.2) is 19.7 Å². The predicted molar refractivity (Wildman–Crippen MR) is 72.3 cm³/mol. The zero-order chi connectivity index (χ0) is 12.1. The van der Waals surface area contributed by atoms with Crippen LogP contribution in [-0.2, 0) is 0 Å². The summed E-state index contributed by atoms with van der Waals surface area (Å²) in [5.74, 6) is 0.923. The van der Waals surface area contributed by atoms with Gasteiger partial charge in [-0.05, 0) is 56.0 Å². The summed E-state index contributed by atoms with van der Waals surface area (Å²) in [4.78, 5) is 0. The van der Waals surface area contributed by atoms with E-state index in [9.17, 15) is 0 Å². The van der Waals surface area contributed by atoms with Crippen LogP contribution >= 0.6 is 0 Å². The molecule has 1 aliphatic carbocycles. The number of benzene rings is 1. The van der Waals surface area contributed by atoms with Gasteiger partial charge in [-0.15, -0.1) is 0 Å². The zero-order valence-electron chi connectivity index (χ0n) is 10.7. The van der Waals surface area contributed by atoms with Gasteiger partial charge in [0.25, 0.3) is 0 Å². The molecule has 2 heteroatoms. The van der Waals surface area contributed by atoms with Crippen LogP contribution in [0, 0.1) is 0 Å². The van der Waals surface area contributed by atoms with E-state index in [-0.39, 0.29) is 0 Å². The summed E-state index contributed by atoms with van der Waals surface area (Å²) in [5, 5.41) is 3.52. The molecule has 2 nitrogen and oxygen atoms in total. The Morgan fingerprint density at radius 2 is 2.29 bits per heavy atom. The lowest BCUT2D eigenvalue weighted by molar-refractivity contribution is 0.414. The van der Waals surface area contributed by atoms with Crippen molar-refractivity contribution in [2.24, 2.45) is 0 Å². The third-order valence-electron chi connectivity index (χ3n) is 3.13. The lowest BCUT2D eigenvalue weighted by atomic mass is 10.1. The summed E-state index contributed by atoms with van der Waals surface area (Å²) in [6.07, 6.45) is 6.11. The van der Waals surface area contributed by atoms with Crippen molar-refractivity contribution in [1.82, 2.24) is 5.32 Å². The molecular formula is C15H21NO. The number of hydrogen-bond donors (Lipinski definition) is 1. The SMILES string of the molecule is COc1cccc(C(C)=CCCNC2CC2)c1. The first-order chi connectivity index (χ1) is 8.29. The molecular weight excluding hydrogens is 210 g/mol. The van der Waals surface area contributed by atoms with Crippen molar-refractivity contribution in [2.75, 3.05) is 13.7 Å². The van der Waals surface area contributed by atoms with E-state index in [1.807, 2.05) is 12.1 Å². The maximum Gasteiger partial charge on any atom is 0.119 e. The normalized spacial score (nSPS) is 16.0. The molecule has 0 amide bonds. The average molecular weight is 231 g/mol. The van der Waals surface area contributed by atoms with Gasteiger partial charge in [0.05, 0.1) is 7.11 Å². The number of rotatable bonds is 6. The van der Waals surface area contributed by atoms with Crippen molar-refractivity contribution in [2.45, 2.75) is 32.2 Å². The Hall–Kier alpha value is -1.28. The average Bonchev–Trinajstić information content (AvgIpc) is 3.18. The lowest BCUT2D eigenvalue weighted by Crippen LogP contribution is -2.16. The van der Waals surface area contributed by atoms with Crippen molar-refractivity contribution < 1.29 is 4.74 Å². The highest BCUT2D eigenvalue weighted by molar-refractivity contribution is 5.64. The summed E-state index contributed by atoms with van der Waals surface area (Å²) >= 11 is 0. The van der Waals surface area contributed by atoms with Gasteiger partial charge in [-0.2, -0.15) is 0 Å². The number of allylic oxidation sites excluding steroid dienone is 1. The van der Waals surface area contributed by atoms with E-state index >= 15 is 0 Å². The highest BCUT2D eigenvalue weighted by Gasteiger charge is 2.19. The van der Waals surface area contributed by atoms with Crippen LogP contribution < -0.4 is 10.1 Å². The second-order valence-electron chi connectivity index (χ2n) is 4.64. The molecule has 0 unspecified atom stereocenters. The summed E-state index contributed by atoms with van der Waals surface area (Å²) in [6.45, 7) is 3.25. The minimum absolute atomic E-state index is 0.806. The summed E-state index contributed by atoms with van der Waals surface area (Å²) in [7, 11) is 1.71. The number of methoxy groups -OCH3 is 1. The molecule has 1 aromatic carbocycles. The van der Waals surface area contributed by atoms with Gasteiger partial charge in [0.1, 0.15) is 5.75 Å². The molecule has 2 rings (SSSR count). The first-order valence-electron chi connectivity index (χ1n) is 6.34. The largest absolute Gasteiger partial charge is 0.497 e. The number of nitrogens with one attached hydrogen (secondary N) is 1. The van der Waals surface area contributed by atoms with Gasteiger partial charge in [-0.3, -0.25) is 0 Å². The van der Waals surface area contributed by atoms with Crippen molar-refractivity contribution in [1.29, 1.82) is 0 Å². The van der Waals surface area contributed by atoms with Gasteiger partial charge in [-0.1, -0.05) is 18.2 Å². The van der Waals surface area contributed by atoms with E-state index in [0.717, 1.165) is 24.8 Å². The molecule has 1 saturated carbocycles. The van der Waals surface area contributed by atoms with Gasteiger partial charge >= 0.3 is 0 Å². The van der Waals surface area contributed by atoms with Gasteiger partial charge in [0.15, 0.2) is 0 Å². The van der Waals surface area contributed by atoms with Crippen molar-refractivity contribution in [3.63, 3.8) is 0 Å². The van der Waals surface area contributed by atoms with Crippen LogP contribution in [0.2, 0.25) is 0 Å². The standard InChI is InChI=1S/C15H21NO/c1-12(5-4-10-16-14-8-9-14)13-6-3-7-15(11-13)17-2/h3,5-7,11,14,16H,4,8-10H2,1-2H3. The van der Waals surface area contributed by atoms with Gasteiger partial charge in [-0.25, -0.2) is 0 Å². The lowest BCUT2D eigenvalue weighted by Gasteiger charge is -2.05. The van der Waals surface area contributed by atoms with Crippen LogP contribution in [0.4, 0.5) is 0 Å². The molecule has 0 aliphatic heterocycles. The van der Waals surface area contributed by atoms with Crippen molar-refractivity contribution in [3.05, 3.63) is 35.9 Å². The fraction of sp³-hybridized carbons (Fsp3) is 0.467. The Balaban J connectivity index is 1.87. The summed E-state index contributed by atoms with van der Waals surface area (Å²) in [5.41, 5.74) is 2.57. The summed E-state index contributed by atoms with van der Waals surface area (Å²) in [6, 6.07) is 9.03. The predicted octanol–water partition coefficient (Wildman–Crippen LogP) is 3.24. The van der Waals surface area contributed by atoms with E-state index in [1.54, 1.807) is 7.11 Å². The Bertz CT molecular complexity index is 394.